The summed E-state index contributed by atoms with van der Waals surface area (Å²) in [6.45, 7) is 3.49. The Balaban J connectivity index is 1.28. The molecule has 2 aliphatic rings. The summed E-state index contributed by atoms with van der Waals surface area (Å²) in [7, 11) is -2.99. The lowest BCUT2D eigenvalue weighted by atomic mass is 9.90. The molecule has 1 aliphatic heterocycles. The van der Waals surface area contributed by atoms with Gasteiger partial charge in [0.2, 0.25) is 0 Å². The van der Waals surface area contributed by atoms with Crippen LogP contribution in [0.1, 0.15) is 52.1 Å². The average Bonchev–Trinajstić information content (AvgIpc) is 3.69. The molecule has 6 nitrogen and oxygen atoms in total. The van der Waals surface area contributed by atoms with Gasteiger partial charge in [-0.05, 0) is 95.2 Å². The highest BCUT2D eigenvalue weighted by Gasteiger charge is 2.43. The van der Waals surface area contributed by atoms with Crippen molar-refractivity contribution in [1.29, 1.82) is 0 Å². The van der Waals surface area contributed by atoms with E-state index in [0.29, 0.717) is 26.2 Å². The number of fused-ring (bicyclic) bond motifs is 3. The lowest BCUT2D eigenvalue weighted by Gasteiger charge is -2.16. The van der Waals surface area contributed by atoms with Gasteiger partial charge in [-0.25, -0.2) is 8.42 Å². The fourth-order valence-corrected chi connectivity index (χ4v) is 6.03. The minimum Gasteiger partial charge on any atom is -0.494 e. The molecule has 1 fully saturated rings. The van der Waals surface area contributed by atoms with Crippen LogP contribution in [0, 0.1) is 12.8 Å². The predicted molar refractivity (Wildman–Crippen MR) is 147 cm³/mol. The van der Waals surface area contributed by atoms with Crippen LogP contribution in [0.4, 0.5) is 0 Å². The summed E-state index contributed by atoms with van der Waals surface area (Å²) in [4.78, 5) is 11.2. The van der Waals surface area contributed by atoms with Crippen molar-refractivity contribution in [2.75, 3.05) is 18.6 Å². The van der Waals surface area contributed by atoms with E-state index in [9.17, 15) is 18.3 Å². The van der Waals surface area contributed by atoms with Crippen LogP contribution in [-0.2, 0) is 45.4 Å². The molecule has 1 N–H and O–H groups in total. The predicted octanol–water partition coefficient (Wildman–Crippen LogP) is 5.48. The summed E-state index contributed by atoms with van der Waals surface area (Å²) in [5.41, 5.74) is 9.36. The first-order valence-corrected chi connectivity index (χ1v) is 15.2. The zero-order valence-corrected chi connectivity index (χ0v) is 22.7. The Morgan fingerprint density at radius 3 is 2.42 bits per heavy atom. The quantitative estimate of drug-likeness (QED) is 0.347. The molecule has 0 amide bonds. The fourth-order valence-electron chi connectivity index (χ4n) is 5.38. The third kappa shape index (κ3) is 6.27. The standard InChI is InChI=1S/C31H34O6S/c1-20-14-26(37-12-3-13-38(2,34)35)16-25-19-36-18-24-11-8-22(15-28(24)30(20)25)5-4-21-6-9-23(10-7-21)27-17-29(27)31(32)33/h6-11,14-16,27,29H,3-5,12-13,17-19H2,1-2H3,(H,32,33)/t27-,29+/m1/s1. The molecule has 0 saturated heterocycles. The molecule has 5 rings (SSSR count). The second-order valence-corrected chi connectivity index (χ2v) is 12.9. The molecule has 7 heteroatoms. The first-order chi connectivity index (χ1) is 18.2. The molecule has 0 unspecified atom stereocenters. The number of aliphatic carboxylic acids is 1. The van der Waals surface area contributed by atoms with E-state index in [1.165, 1.54) is 34.1 Å². The molecule has 0 aromatic heterocycles. The van der Waals surface area contributed by atoms with Crippen molar-refractivity contribution < 1.29 is 27.8 Å². The monoisotopic (exact) mass is 534 g/mol. The van der Waals surface area contributed by atoms with Crippen molar-refractivity contribution in [3.8, 4) is 16.9 Å². The molecule has 1 aliphatic carbocycles. The van der Waals surface area contributed by atoms with Crippen molar-refractivity contribution >= 4 is 15.8 Å². The average molecular weight is 535 g/mol. The van der Waals surface area contributed by atoms with Crippen LogP contribution in [0.2, 0.25) is 0 Å². The Labute approximate surface area is 224 Å². The first kappa shape index (κ1) is 26.4. The Hall–Kier alpha value is -3.16. The van der Waals surface area contributed by atoms with Crippen molar-refractivity contribution in [3.05, 3.63) is 88.0 Å². The van der Waals surface area contributed by atoms with Gasteiger partial charge in [0.15, 0.2) is 0 Å². The number of hydrogen-bond donors (Lipinski definition) is 1. The van der Waals surface area contributed by atoms with Gasteiger partial charge in [0.25, 0.3) is 0 Å². The highest BCUT2D eigenvalue weighted by atomic mass is 32.2. The van der Waals surface area contributed by atoms with Gasteiger partial charge >= 0.3 is 5.97 Å². The van der Waals surface area contributed by atoms with Gasteiger partial charge in [-0.3, -0.25) is 4.79 Å². The van der Waals surface area contributed by atoms with Gasteiger partial charge in [-0.2, -0.15) is 0 Å². The fraction of sp³-hybridized carbons (Fsp3) is 0.387. The number of benzene rings is 3. The zero-order valence-electron chi connectivity index (χ0n) is 21.9. The van der Waals surface area contributed by atoms with Crippen molar-refractivity contribution in [2.24, 2.45) is 5.92 Å². The van der Waals surface area contributed by atoms with Gasteiger partial charge in [0.05, 0.1) is 31.5 Å². The molecule has 3 aromatic rings. The number of ether oxygens (including phenoxy) is 2. The lowest BCUT2D eigenvalue weighted by Crippen LogP contribution is -2.08. The molecule has 3 aromatic carbocycles. The number of carboxylic acid groups (broad SMARTS) is 1. The maximum atomic E-state index is 11.4. The second-order valence-electron chi connectivity index (χ2n) is 10.6. The minimum atomic E-state index is -2.99. The van der Waals surface area contributed by atoms with Crippen LogP contribution < -0.4 is 4.74 Å². The van der Waals surface area contributed by atoms with Crippen LogP contribution in [0.5, 0.6) is 5.75 Å². The van der Waals surface area contributed by atoms with E-state index in [1.54, 1.807) is 0 Å². The molecule has 38 heavy (non-hydrogen) atoms. The Morgan fingerprint density at radius 1 is 1.00 bits per heavy atom. The Kier molecular flexibility index (Phi) is 7.59. The Bertz CT molecular complexity index is 1440. The van der Waals surface area contributed by atoms with Crippen LogP contribution >= 0.6 is 0 Å². The van der Waals surface area contributed by atoms with Crippen LogP contribution in [-0.4, -0.2) is 38.1 Å². The van der Waals surface area contributed by atoms with Crippen LogP contribution in [0.15, 0.2) is 54.6 Å². The van der Waals surface area contributed by atoms with E-state index in [-0.39, 0.29) is 17.6 Å². The summed E-state index contributed by atoms with van der Waals surface area (Å²) >= 11 is 0. The van der Waals surface area contributed by atoms with E-state index >= 15 is 0 Å². The molecule has 1 heterocycles. The largest absolute Gasteiger partial charge is 0.494 e. The van der Waals surface area contributed by atoms with Crippen LogP contribution in [0.3, 0.4) is 0 Å². The smallest absolute Gasteiger partial charge is 0.307 e. The highest BCUT2D eigenvalue weighted by Crippen LogP contribution is 2.47. The van der Waals surface area contributed by atoms with E-state index in [2.05, 4.69) is 49.4 Å². The maximum absolute atomic E-state index is 11.4. The SMILES string of the molecule is Cc1cc(OCCCS(C)(=O)=O)cc2c1-c1cc(CCc3ccc([C@H]4C[C@@H]4C(=O)O)cc3)ccc1COC2. The van der Waals surface area contributed by atoms with E-state index in [4.69, 9.17) is 9.47 Å². The molecule has 1 saturated carbocycles. The summed E-state index contributed by atoms with van der Waals surface area (Å²) in [6.07, 6.45) is 4.26. The maximum Gasteiger partial charge on any atom is 0.307 e. The summed E-state index contributed by atoms with van der Waals surface area (Å²) in [6, 6.07) is 19.1. The highest BCUT2D eigenvalue weighted by molar-refractivity contribution is 7.90. The molecular formula is C31H34O6S. The summed E-state index contributed by atoms with van der Waals surface area (Å²) in [5.74, 6) is 0.0971. The number of rotatable bonds is 10. The third-order valence-electron chi connectivity index (χ3n) is 7.50. The lowest BCUT2D eigenvalue weighted by molar-refractivity contribution is -0.138. The number of carbonyl (C=O) groups is 1. The zero-order chi connectivity index (χ0) is 26.9. The number of sulfone groups is 1. The third-order valence-corrected chi connectivity index (χ3v) is 8.53. The molecule has 0 spiro atoms. The molecule has 0 radical (unpaired) electrons. The van der Waals surface area contributed by atoms with Crippen molar-refractivity contribution in [3.63, 3.8) is 0 Å². The van der Waals surface area contributed by atoms with E-state index < -0.39 is 15.8 Å². The normalized spacial score (nSPS) is 18.3. The van der Waals surface area contributed by atoms with Crippen LogP contribution in [0.25, 0.3) is 11.1 Å². The first-order valence-electron chi connectivity index (χ1n) is 13.1. The summed E-state index contributed by atoms with van der Waals surface area (Å²) in [5, 5.41) is 9.18. The van der Waals surface area contributed by atoms with Crippen molar-refractivity contribution in [1.82, 2.24) is 0 Å². The minimum absolute atomic E-state index is 0.117. The molecular weight excluding hydrogens is 500 g/mol. The van der Waals surface area contributed by atoms with Gasteiger partial charge < -0.3 is 14.6 Å². The van der Waals surface area contributed by atoms with Gasteiger partial charge in [0, 0.05) is 6.26 Å². The van der Waals surface area contributed by atoms with Gasteiger partial charge in [0.1, 0.15) is 15.6 Å². The van der Waals surface area contributed by atoms with Gasteiger partial charge in [-0.1, -0.05) is 42.5 Å². The molecule has 2 atom stereocenters. The molecule has 200 valence electrons. The van der Waals surface area contributed by atoms with E-state index in [1.807, 2.05) is 12.1 Å². The number of carboxylic acids is 1. The summed E-state index contributed by atoms with van der Waals surface area (Å²) < 4.78 is 34.6. The Morgan fingerprint density at radius 2 is 1.71 bits per heavy atom. The topological polar surface area (TPSA) is 89.9 Å². The number of aryl methyl sites for hydroxylation is 3. The van der Waals surface area contributed by atoms with Gasteiger partial charge in [-0.15, -0.1) is 0 Å². The van der Waals surface area contributed by atoms with Crippen molar-refractivity contribution in [2.45, 2.75) is 51.7 Å². The number of hydrogen-bond acceptors (Lipinski definition) is 5. The molecule has 0 bridgehead atoms. The van der Waals surface area contributed by atoms with E-state index in [0.717, 1.165) is 41.7 Å². The second kappa shape index (κ2) is 10.9.